The average molecular weight is 289 g/mol. The fourth-order valence-electron chi connectivity index (χ4n) is 3.21. The monoisotopic (exact) mass is 289 g/mol. The van der Waals surface area contributed by atoms with Crippen LogP contribution in [0.4, 0.5) is 0 Å². The van der Waals surface area contributed by atoms with E-state index in [9.17, 15) is 4.79 Å². The van der Waals surface area contributed by atoms with Crippen LogP contribution in [0.15, 0.2) is 18.6 Å². The first-order valence-corrected chi connectivity index (χ1v) is 7.59. The van der Waals surface area contributed by atoms with Crippen LogP contribution in [0.2, 0.25) is 0 Å². The summed E-state index contributed by atoms with van der Waals surface area (Å²) in [5.41, 5.74) is 0.394. The minimum atomic E-state index is -0.0684. The van der Waals surface area contributed by atoms with Gasteiger partial charge in [-0.3, -0.25) is 9.78 Å². The highest BCUT2D eigenvalue weighted by molar-refractivity contribution is 5.92. The lowest BCUT2D eigenvalue weighted by atomic mass is 10.0. The molecule has 2 aliphatic heterocycles. The number of amides is 1. The summed E-state index contributed by atoms with van der Waals surface area (Å²) in [5.74, 6) is 0.959. The molecule has 0 bridgehead atoms. The molecule has 6 nitrogen and oxygen atoms in total. The van der Waals surface area contributed by atoms with Crippen molar-refractivity contribution in [1.29, 1.82) is 0 Å². The molecule has 2 saturated heterocycles. The highest BCUT2D eigenvalue weighted by Gasteiger charge is 2.48. The molecule has 112 valence electrons. The molecule has 1 amide bonds. The number of likely N-dealkylation sites (tertiary alicyclic amines) is 1. The standard InChI is InChI=1S/C15H19N3O3/c19-15(12-5-16-3-4-17-12)18-6-14(21-7-10-1-2-10)11-8-20-9-13(11)18/h3-5,10-11,13-14H,1-2,6-9H2/t11-,13+,14-/m0/s1. The van der Waals surface area contributed by atoms with Crippen molar-refractivity contribution in [2.24, 2.45) is 11.8 Å². The molecule has 3 aliphatic rings. The quantitative estimate of drug-likeness (QED) is 0.818. The Morgan fingerprint density at radius 3 is 3.05 bits per heavy atom. The van der Waals surface area contributed by atoms with E-state index in [1.165, 1.54) is 19.0 Å². The summed E-state index contributed by atoms with van der Waals surface area (Å²) in [6, 6.07) is 0.115. The number of carbonyl (C=O) groups is 1. The third-order valence-corrected chi connectivity index (χ3v) is 4.63. The third kappa shape index (κ3) is 2.53. The Balaban J connectivity index is 1.48. The van der Waals surface area contributed by atoms with Gasteiger partial charge in [0.05, 0.1) is 31.6 Å². The Kier molecular flexibility index (Phi) is 3.35. The lowest BCUT2D eigenvalue weighted by Crippen LogP contribution is -2.38. The molecular weight excluding hydrogens is 270 g/mol. The third-order valence-electron chi connectivity index (χ3n) is 4.63. The second-order valence-corrected chi connectivity index (χ2v) is 6.13. The van der Waals surface area contributed by atoms with Crippen LogP contribution in [0.1, 0.15) is 23.3 Å². The van der Waals surface area contributed by atoms with Crippen molar-refractivity contribution in [1.82, 2.24) is 14.9 Å². The zero-order valence-corrected chi connectivity index (χ0v) is 11.9. The topological polar surface area (TPSA) is 64.6 Å². The molecule has 4 rings (SSSR count). The number of ether oxygens (including phenoxy) is 2. The molecule has 0 N–H and O–H groups in total. The van der Waals surface area contributed by atoms with Crippen LogP contribution in [-0.4, -0.2) is 59.3 Å². The molecule has 3 atom stereocenters. The Bertz CT molecular complexity index is 520. The molecule has 0 aromatic carbocycles. The lowest BCUT2D eigenvalue weighted by Gasteiger charge is -2.21. The fourth-order valence-corrected chi connectivity index (χ4v) is 3.21. The fraction of sp³-hybridized carbons (Fsp3) is 0.667. The first kappa shape index (κ1) is 13.2. The predicted octanol–water partition coefficient (Wildman–Crippen LogP) is 0.743. The Hall–Kier alpha value is -1.53. The number of aromatic nitrogens is 2. The summed E-state index contributed by atoms with van der Waals surface area (Å²) in [7, 11) is 0. The number of rotatable bonds is 4. The van der Waals surface area contributed by atoms with Gasteiger partial charge < -0.3 is 14.4 Å². The normalized spacial score (nSPS) is 31.4. The highest BCUT2D eigenvalue weighted by atomic mass is 16.5. The Morgan fingerprint density at radius 1 is 1.38 bits per heavy atom. The smallest absolute Gasteiger partial charge is 0.274 e. The SMILES string of the molecule is O=C(c1cnccn1)N1C[C@H](OCC2CC2)[C@H]2COC[C@H]21. The molecule has 1 aromatic heterocycles. The largest absolute Gasteiger partial charge is 0.379 e. The number of hydrogen-bond donors (Lipinski definition) is 0. The highest BCUT2D eigenvalue weighted by Crippen LogP contribution is 2.35. The molecule has 0 spiro atoms. The first-order chi connectivity index (χ1) is 10.3. The van der Waals surface area contributed by atoms with Crippen LogP contribution in [0, 0.1) is 11.8 Å². The van der Waals surface area contributed by atoms with E-state index in [4.69, 9.17) is 9.47 Å². The summed E-state index contributed by atoms with van der Waals surface area (Å²) in [5, 5.41) is 0. The van der Waals surface area contributed by atoms with E-state index in [1.807, 2.05) is 4.90 Å². The number of carbonyl (C=O) groups excluding carboxylic acids is 1. The van der Waals surface area contributed by atoms with Gasteiger partial charge in [-0.1, -0.05) is 0 Å². The van der Waals surface area contributed by atoms with Crippen molar-refractivity contribution in [2.75, 3.05) is 26.4 Å². The Labute approximate surface area is 123 Å². The minimum Gasteiger partial charge on any atom is -0.379 e. The van der Waals surface area contributed by atoms with Crippen LogP contribution in [-0.2, 0) is 9.47 Å². The molecule has 21 heavy (non-hydrogen) atoms. The van der Waals surface area contributed by atoms with E-state index in [2.05, 4.69) is 9.97 Å². The summed E-state index contributed by atoms with van der Waals surface area (Å²) in [6.45, 7) is 2.74. The van der Waals surface area contributed by atoms with Gasteiger partial charge in [-0.25, -0.2) is 4.98 Å². The summed E-state index contributed by atoms with van der Waals surface area (Å²) >= 11 is 0. The maximum absolute atomic E-state index is 12.6. The number of nitrogens with zero attached hydrogens (tertiary/aromatic N) is 3. The van der Waals surface area contributed by atoms with E-state index in [0.29, 0.717) is 31.4 Å². The first-order valence-electron chi connectivity index (χ1n) is 7.59. The van der Waals surface area contributed by atoms with E-state index in [-0.39, 0.29) is 18.1 Å². The number of fused-ring (bicyclic) bond motifs is 1. The number of hydrogen-bond acceptors (Lipinski definition) is 5. The molecule has 6 heteroatoms. The van der Waals surface area contributed by atoms with Gasteiger partial charge in [-0.15, -0.1) is 0 Å². The summed E-state index contributed by atoms with van der Waals surface area (Å²) in [4.78, 5) is 22.5. The van der Waals surface area contributed by atoms with Gasteiger partial charge in [0.25, 0.3) is 5.91 Å². The van der Waals surface area contributed by atoms with Crippen LogP contribution in [0.3, 0.4) is 0 Å². The van der Waals surface area contributed by atoms with E-state index < -0.39 is 0 Å². The van der Waals surface area contributed by atoms with Crippen molar-refractivity contribution in [2.45, 2.75) is 25.0 Å². The molecule has 3 fully saturated rings. The maximum atomic E-state index is 12.6. The van der Waals surface area contributed by atoms with Gasteiger partial charge in [0, 0.05) is 31.5 Å². The van der Waals surface area contributed by atoms with Crippen molar-refractivity contribution < 1.29 is 14.3 Å². The van der Waals surface area contributed by atoms with Crippen molar-refractivity contribution in [3.05, 3.63) is 24.3 Å². The van der Waals surface area contributed by atoms with E-state index in [0.717, 1.165) is 12.5 Å². The molecule has 0 unspecified atom stereocenters. The van der Waals surface area contributed by atoms with Gasteiger partial charge in [0.15, 0.2) is 0 Å². The molecular formula is C15H19N3O3. The van der Waals surface area contributed by atoms with Crippen LogP contribution >= 0.6 is 0 Å². The minimum absolute atomic E-state index is 0.0684. The van der Waals surface area contributed by atoms with Crippen molar-refractivity contribution in [3.63, 3.8) is 0 Å². The average Bonchev–Trinajstić information content (AvgIpc) is 3.11. The van der Waals surface area contributed by atoms with Crippen molar-refractivity contribution in [3.8, 4) is 0 Å². The van der Waals surface area contributed by atoms with E-state index >= 15 is 0 Å². The van der Waals surface area contributed by atoms with Crippen LogP contribution in [0.25, 0.3) is 0 Å². The van der Waals surface area contributed by atoms with Gasteiger partial charge in [-0.05, 0) is 18.8 Å². The predicted molar refractivity (Wildman–Crippen MR) is 73.6 cm³/mol. The molecule has 1 aliphatic carbocycles. The second kappa shape index (κ2) is 5.35. The van der Waals surface area contributed by atoms with Gasteiger partial charge in [0.1, 0.15) is 5.69 Å². The van der Waals surface area contributed by atoms with Crippen molar-refractivity contribution >= 4 is 5.91 Å². The molecule has 0 radical (unpaired) electrons. The molecule has 1 aromatic rings. The second-order valence-electron chi connectivity index (χ2n) is 6.13. The summed E-state index contributed by atoms with van der Waals surface area (Å²) in [6.07, 6.45) is 7.29. The lowest BCUT2D eigenvalue weighted by molar-refractivity contribution is 0.0140. The summed E-state index contributed by atoms with van der Waals surface area (Å²) < 4.78 is 11.6. The van der Waals surface area contributed by atoms with Gasteiger partial charge in [0.2, 0.25) is 0 Å². The van der Waals surface area contributed by atoms with E-state index in [1.54, 1.807) is 12.4 Å². The molecule has 1 saturated carbocycles. The zero-order valence-electron chi connectivity index (χ0n) is 11.9. The maximum Gasteiger partial charge on any atom is 0.274 e. The van der Waals surface area contributed by atoms with Gasteiger partial charge in [-0.2, -0.15) is 0 Å². The van der Waals surface area contributed by atoms with Crippen LogP contribution < -0.4 is 0 Å². The zero-order chi connectivity index (χ0) is 14.2. The van der Waals surface area contributed by atoms with Crippen LogP contribution in [0.5, 0.6) is 0 Å². The molecule has 3 heterocycles. The Morgan fingerprint density at radius 2 is 2.29 bits per heavy atom. The van der Waals surface area contributed by atoms with Gasteiger partial charge >= 0.3 is 0 Å².